The number of aliphatic hydroxyl groups is 1. The van der Waals surface area contributed by atoms with Crippen LogP contribution in [0.1, 0.15) is 35.6 Å². The minimum atomic E-state index is -0.0950. The van der Waals surface area contributed by atoms with Gasteiger partial charge >= 0.3 is 0 Å². The monoisotopic (exact) mass is 602 g/mol. The maximum atomic E-state index is 12.4. The number of aromatic nitrogens is 1. The first-order chi connectivity index (χ1) is 20.8. The van der Waals surface area contributed by atoms with E-state index in [2.05, 4.69) is 65.4 Å². The van der Waals surface area contributed by atoms with Crippen LogP contribution >= 0.6 is 11.3 Å². The molecular formula is C34H42N4O4S. The number of carbonyl (C=O) groups excluding carboxylic acids is 2. The third-order valence-corrected chi connectivity index (χ3v) is 11.2. The van der Waals surface area contributed by atoms with Crippen molar-refractivity contribution in [3.05, 3.63) is 64.0 Å². The van der Waals surface area contributed by atoms with Crippen molar-refractivity contribution in [2.45, 2.75) is 46.4 Å². The molecule has 8 nitrogen and oxygen atoms in total. The lowest BCUT2D eigenvalue weighted by atomic mass is 9.67. The summed E-state index contributed by atoms with van der Waals surface area (Å²) in [6.07, 6.45) is 2.40. The number of thiazole rings is 1. The molecule has 5 unspecified atom stereocenters. The molecule has 4 fully saturated rings. The number of ether oxygens (including phenoxy) is 1. The van der Waals surface area contributed by atoms with Crippen molar-refractivity contribution in [1.82, 2.24) is 14.8 Å². The average Bonchev–Trinajstić information content (AvgIpc) is 3.26. The Hall–Kier alpha value is -3.27. The number of nitrogens with zero attached hydrogens (tertiary/aromatic N) is 4. The topological polar surface area (TPSA) is 86.2 Å². The summed E-state index contributed by atoms with van der Waals surface area (Å²) in [5, 5.41) is 10.2. The van der Waals surface area contributed by atoms with Gasteiger partial charge in [-0.1, -0.05) is 29.8 Å². The molecule has 2 aliphatic heterocycles. The van der Waals surface area contributed by atoms with Gasteiger partial charge in [0.2, 0.25) is 5.91 Å². The maximum absolute atomic E-state index is 12.4. The van der Waals surface area contributed by atoms with Gasteiger partial charge in [0.1, 0.15) is 18.6 Å². The molecule has 9 heteroatoms. The Balaban J connectivity index is 0.00000161. The molecule has 228 valence electrons. The smallest absolute Gasteiger partial charge is 0.239 e. The fourth-order valence-electron chi connectivity index (χ4n) is 7.62. The van der Waals surface area contributed by atoms with Crippen LogP contribution in [-0.4, -0.2) is 78.5 Å². The van der Waals surface area contributed by atoms with E-state index in [1.807, 2.05) is 18.9 Å². The second kappa shape index (κ2) is 11.7. The molecule has 2 saturated carbocycles. The quantitative estimate of drug-likeness (QED) is 0.379. The van der Waals surface area contributed by atoms with Crippen molar-refractivity contribution in [2.75, 3.05) is 45.2 Å². The van der Waals surface area contributed by atoms with Gasteiger partial charge in [0.15, 0.2) is 5.13 Å². The number of carbonyl (C=O) groups is 2. The fraction of sp³-hybridized carbons (Fsp3) is 0.500. The van der Waals surface area contributed by atoms with E-state index in [1.165, 1.54) is 29.4 Å². The van der Waals surface area contributed by atoms with Gasteiger partial charge in [-0.15, -0.1) is 11.3 Å². The Morgan fingerprint density at radius 2 is 1.95 bits per heavy atom. The molecule has 5 atom stereocenters. The van der Waals surface area contributed by atoms with E-state index in [9.17, 15) is 9.59 Å². The molecule has 4 aliphatic rings. The number of piperazine rings is 1. The van der Waals surface area contributed by atoms with Crippen LogP contribution in [0.4, 0.5) is 5.13 Å². The first-order valence-corrected chi connectivity index (χ1v) is 16.1. The first kappa shape index (κ1) is 29.8. The lowest BCUT2D eigenvalue weighted by Gasteiger charge is -2.37. The zero-order valence-corrected chi connectivity index (χ0v) is 26.6. The van der Waals surface area contributed by atoms with E-state index < -0.39 is 0 Å². The minimum Gasteiger partial charge on any atom is -0.488 e. The molecule has 3 aromatic rings. The number of benzene rings is 2. The summed E-state index contributed by atoms with van der Waals surface area (Å²) in [7, 11) is 2.88. The van der Waals surface area contributed by atoms with Crippen LogP contribution < -0.4 is 9.64 Å². The number of likely N-dealkylation sites (N-methyl/N-ethyl adjacent to an activating group) is 1. The number of hydrogen-bond donors (Lipinski definition) is 1. The number of rotatable bonds is 8. The summed E-state index contributed by atoms with van der Waals surface area (Å²) >= 11 is 1.69. The van der Waals surface area contributed by atoms with E-state index >= 15 is 0 Å². The number of aldehydes is 1. The maximum Gasteiger partial charge on any atom is 0.239 e. The van der Waals surface area contributed by atoms with E-state index in [4.69, 9.17) is 14.8 Å². The minimum absolute atomic E-state index is 0.0950. The van der Waals surface area contributed by atoms with Gasteiger partial charge in [-0.2, -0.15) is 0 Å². The van der Waals surface area contributed by atoms with Crippen LogP contribution in [0.3, 0.4) is 0 Å². The molecule has 0 bridgehead atoms. The number of anilines is 1. The Morgan fingerprint density at radius 1 is 1.14 bits per heavy atom. The van der Waals surface area contributed by atoms with E-state index in [0.29, 0.717) is 23.9 Å². The fourth-order valence-corrected chi connectivity index (χ4v) is 8.46. The standard InChI is InChI=1S/C33H38N4O3S.CH4O/c1-20-5-8-30(40-17-24-7-6-23(12-21(24)2)14-36-10-9-35(4)31(39)22(36)3)25(11-20)29-18-41-32(34-29)37-15-28-26(16-38)27-13-33(27,28)19-37;1-2/h5-8,11-12,16,18,22,26-28H,9-10,13-15,17,19H2,1-4H3;2H,1H3. The van der Waals surface area contributed by atoms with Crippen molar-refractivity contribution >= 4 is 28.7 Å². The van der Waals surface area contributed by atoms with Crippen LogP contribution in [0.15, 0.2) is 41.8 Å². The predicted molar refractivity (Wildman–Crippen MR) is 169 cm³/mol. The number of amides is 1. The van der Waals surface area contributed by atoms with Crippen LogP contribution in [-0.2, 0) is 22.7 Å². The Morgan fingerprint density at radius 3 is 2.72 bits per heavy atom. The van der Waals surface area contributed by atoms with E-state index in [0.717, 1.165) is 67.5 Å². The zero-order valence-electron chi connectivity index (χ0n) is 25.7. The molecule has 1 aromatic heterocycles. The summed E-state index contributed by atoms with van der Waals surface area (Å²) < 4.78 is 6.43. The van der Waals surface area contributed by atoms with Crippen LogP contribution in [0, 0.1) is 37.0 Å². The largest absolute Gasteiger partial charge is 0.488 e. The Bertz CT molecular complexity index is 1520. The van der Waals surface area contributed by atoms with Crippen molar-refractivity contribution in [2.24, 2.45) is 23.2 Å². The Kier molecular flexibility index (Phi) is 8.08. The lowest BCUT2D eigenvalue weighted by Crippen LogP contribution is -2.53. The second-order valence-corrected chi connectivity index (χ2v) is 13.6. The van der Waals surface area contributed by atoms with Crippen LogP contribution in [0.5, 0.6) is 5.75 Å². The average molecular weight is 603 g/mol. The molecule has 0 radical (unpaired) electrons. The number of aliphatic hydroxyl groups excluding tert-OH is 1. The Labute approximate surface area is 258 Å². The highest BCUT2D eigenvalue weighted by Gasteiger charge is 2.76. The third-order valence-electron chi connectivity index (χ3n) is 10.3. The summed E-state index contributed by atoms with van der Waals surface area (Å²) in [4.78, 5) is 35.5. The van der Waals surface area contributed by atoms with Gasteiger partial charge in [-0.3, -0.25) is 9.69 Å². The van der Waals surface area contributed by atoms with Gasteiger partial charge in [-0.05, 0) is 73.3 Å². The SMILES string of the molecule is CO.Cc1ccc(OCc2ccc(CN3CCN(C)C(=O)C3C)cc2C)c(-c2csc(N3CC4C(C=O)C5CC45C3)n2)c1. The van der Waals surface area contributed by atoms with E-state index in [-0.39, 0.29) is 17.9 Å². The normalized spacial score (nSPS) is 27.5. The molecular weight excluding hydrogens is 560 g/mol. The molecule has 1 N–H and O–H groups in total. The molecule has 2 saturated heterocycles. The van der Waals surface area contributed by atoms with Gasteiger partial charge < -0.3 is 24.4 Å². The van der Waals surface area contributed by atoms with Crippen molar-refractivity contribution < 1.29 is 19.4 Å². The van der Waals surface area contributed by atoms with Crippen molar-refractivity contribution in [3.8, 4) is 17.0 Å². The van der Waals surface area contributed by atoms with E-state index in [1.54, 1.807) is 11.3 Å². The number of hydrogen-bond acceptors (Lipinski definition) is 8. The highest BCUT2D eigenvalue weighted by Crippen LogP contribution is 2.76. The molecule has 3 heterocycles. The summed E-state index contributed by atoms with van der Waals surface area (Å²) in [6, 6.07) is 12.7. The van der Waals surface area contributed by atoms with Gasteiger partial charge in [-0.25, -0.2) is 4.98 Å². The van der Waals surface area contributed by atoms with Crippen molar-refractivity contribution in [1.29, 1.82) is 0 Å². The molecule has 43 heavy (non-hydrogen) atoms. The van der Waals surface area contributed by atoms with Crippen LogP contribution in [0.25, 0.3) is 11.3 Å². The molecule has 2 aliphatic carbocycles. The molecule has 2 aromatic carbocycles. The highest BCUT2D eigenvalue weighted by atomic mass is 32.1. The van der Waals surface area contributed by atoms with Crippen molar-refractivity contribution in [3.63, 3.8) is 0 Å². The third kappa shape index (κ3) is 5.25. The molecule has 1 spiro atoms. The van der Waals surface area contributed by atoms with Gasteiger partial charge in [0.05, 0.1) is 11.7 Å². The second-order valence-electron chi connectivity index (χ2n) is 12.7. The first-order valence-electron chi connectivity index (χ1n) is 15.2. The highest BCUT2D eigenvalue weighted by molar-refractivity contribution is 7.14. The number of aryl methyl sites for hydroxylation is 2. The lowest BCUT2D eigenvalue weighted by molar-refractivity contribution is -0.139. The summed E-state index contributed by atoms with van der Waals surface area (Å²) in [5.74, 6) is 2.41. The molecule has 7 rings (SSSR count). The predicted octanol–water partition coefficient (Wildman–Crippen LogP) is 4.55. The summed E-state index contributed by atoms with van der Waals surface area (Å²) in [5.41, 5.74) is 7.09. The van der Waals surface area contributed by atoms with Gasteiger partial charge in [0, 0.05) is 63.7 Å². The van der Waals surface area contributed by atoms with Crippen LogP contribution in [0.2, 0.25) is 0 Å². The van der Waals surface area contributed by atoms with Gasteiger partial charge in [0.25, 0.3) is 0 Å². The summed E-state index contributed by atoms with van der Waals surface area (Å²) in [6.45, 7) is 11.1. The molecule has 1 amide bonds. The zero-order chi connectivity index (χ0) is 30.5.